The van der Waals surface area contributed by atoms with E-state index in [0.29, 0.717) is 53.5 Å². The molecule has 0 radical (unpaired) electrons. The molecule has 46 heavy (non-hydrogen) atoms. The average Bonchev–Trinajstić information content (AvgIpc) is 3.36. The first-order valence-electron chi connectivity index (χ1n) is 18.5. The van der Waals surface area contributed by atoms with Crippen molar-refractivity contribution in [2.45, 2.75) is 123 Å². The highest BCUT2D eigenvalue weighted by Crippen LogP contribution is 2.74. The number of amides is 1. The van der Waals surface area contributed by atoms with Gasteiger partial charge in [0.1, 0.15) is 0 Å². The van der Waals surface area contributed by atoms with E-state index in [1.54, 1.807) is 0 Å². The van der Waals surface area contributed by atoms with Crippen molar-refractivity contribution >= 4 is 11.9 Å². The molecule has 5 aliphatic carbocycles. The fourth-order valence-corrected chi connectivity index (χ4v) is 13.5. The van der Waals surface area contributed by atoms with E-state index in [9.17, 15) is 9.59 Å². The van der Waals surface area contributed by atoms with Gasteiger partial charge in [0.2, 0.25) is 5.91 Å². The van der Waals surface area contributed by atoms with E-state index in [1.807, 2.05) is 31.1 Å². The van der Waals surface area contributed by atoms with Gasteiger partial charge >= 0.3 is 5.97 Å². The number of ether oxygens (including phenoxy) is 1. The number of carbonyl (C=O) groups excluding carboxylic acids is 2. The standard InChI is InChI=1S/C40H63N3O3/c1-25(2)28-16-21-39(42-33(44)24-43(7)8)22-23-40(41)30(34(28)39)14-15-32-37(5)19-17-29(26-10-12-27(13-11-26)35(45)46-9)36(3,4)31(37)18-20-38(32,40)6/h10-13,25,28-32,34H,14-24,41H2,1-9H3,(H,42,44)/t28-,29?,30+,31-,32+,34+,37-,38+,39-,40-/m0/s1. The quantitative estimate of drug-likeness (QED) is 0.319. The minimum atomic E-state index is -0.270. The Hall–Kier alpha value is -1.92. The molecule has 1 unspecified atom stereocenters. The van der Waals surface area contributed by atoms with E-state index in [2.05, 4.69) is 59.0 Å². The fourth-order valence-electron chi connectivity index (χ4n) is 13.5. The van der Waals surface area contributed by atoms with Gasteiger partial charge in [-0.05, 0) is 154 Å². The molecule has 6 nitrogen and oxygen atoms in total. The van der Waals surface area contributed by atoms with Crippen LogP contribution in [0.2, 0.25) is 0 Å². The maximum absolute atomic E-state index is 13.3. The van der Waals surface area contributed by atoms with Crippen molar-refractivity contribution in [2.75, 3.05) is 27.7 Å². The van der Waals surface area contributed by atoms with Gasteiger partial charge in [0, 0.05) is 11.1 Å². The number of nitrogens with one attached hydrogen (secondary N) is 1. The highest BCUT2D eigenvalue weighted by Gasteiger charge is 2.71. The molecule has 0 heterocycles. The predicted molar refractivity (Wildman–Crippen MR) is 185 cm³/mol. The molecule has 0 spiro atoms. The topological polar surface area (TPSA) is 84.7 Å². The van der Waals surface area contributed by atoms with Gasteiger partial charge < -0.3 is 20.7 Å². The Morgan fingerprint density at radius 2 is 1.61 bits per heavy atom. The normalized spacial score (nSPS) is 42.9. The fraction of sp³-hybridized carbons (Fsp3) is 0.800. The highest BCUT2D eigenvalue weighted by atomic mass is 16.5. The molecule has 256 valence electrons. The number of hydrogen-bond donors (Lipinski definition) is 2. The van der Waals surface area contributed by atoms with Gasteiger partial charge in [-0.15, -0.1) is 0 Å². The highest BCUT2D eigenvalue weighted by molar-refractivity contribution is 5.89. The first kappa shape index (κ1) is 34.0. The Labute approximate surface area is 279 Å². The van der Waals surface area contributed by atoms with Crippen LogP contribution < -0.4 is 11.1 Å². The van der Waals surface area contributed by atoms with Gasteiger partial charge in [0.25, 0.3) is 0 Å². The van der Waals surface area contributed by atoms with E-state index in [-0.39, 0.29) is 39.2 Å². The summed E-state index contributed by atoms with van der Waals surface area (Å²) in [4.78, 5) is 27.4. The third-order valence-electron chi connectivity index (χ3n) is 15.5. The van der Waals surface area contributed by atoms with Gasteiger partial charge in [-0.1, -0.05) is 53.7 Å². The summed E-state index contributed by atoms with van der Waals surface area (Å²) in [6.45, 7) is 15.5. The molecule has 0 bridgehead atoms. The first-order chi connectivity index (χ1) is 21.5. The number of likely N-dealkylation sites (N-methyl/N-ethyl adjacent to an activating group) is 1. The van der Waals surface area contributed by atoms with Crippen molar-refractivity contribution in [3.8, 4) is 0 Å². The number of esters is 1. The van der Waals surface area contributed by atoms with Crippen molar-refractivity contribution in [1.82, 2.24) is 10.2 Å². The summed E-state index contributed by atoms with van der Waals surface area (Å²) in [5, 5.41) is 3.68. The summed E-state index contributed by atoms with van der Waals surface area (Å²) in [5.74, 6) is 3.73. The molecule has 6 heteroatoms. The van der Waals surface area contributed by atoms with Crippen LogP contribution in [0.3, 0.4) is 0 Å². The predicted octanol–water partition coefficient (Wildman–Crippen LogP) is 7.42. The third kappa shape index (κ3) is 4.92. The van der Waals surface area contributed by atoms with Crippen LogP contribution >= 0.6 is 0 Å². The zero-order chi connectivity index (χ0) is 33.4. The summed E-state index contributed by atoms with van der Waals surface area (Å²) < 4.78 is 4.96. The lowest BCUT2D eigenvalue weighted by molar-refractivity contribution is -0.207. The lowest BCUT2D eigenvalue weighted by Crippen LogP contribution is -2.75. The number of nitrogens with zero attached hydrogens (tertiary/aromatic N) is 1. The number of benzene rings is 1. The Bertz CT molecular complexity index is 1320. The van der Waals surface area contributed by atoms with Gasteiger partial charge in [-0.2, -0.15) is 0 Å². The molecule has 0 aromatic heterocycles. The minimum absolute atomic E-state index is 0.0934. The van der Waals surface area contributed by atoms with Crippen LogP contribution in [0.15, 0.2) is 24.3 Å². The first-order valence-corrected chi connectivity index (χ1v) is 18.5. The molecule has 5 aliphatic rings. The second-order valence-corrected chi connectivity index (χ2v) is 18.2. The van der Waals surface area contributed by atoms with Crippen molar-refractivity contribution < 1.29 is 14.3 Å². The lowest BCUT2D eigenvalue weighted by atomic mass is 9.34. The van der Waals surface area contributed by atoms with Crippen molar-refractivity contribution in [3.63, 3.8) is 0 Å². The maximum Gasteiger partial charge on any atom is 0.337 e. The Morgan fingerprint density at radius 3 is 2.24 bits per heavy atom. The lowest BCUT2D eigenvalue weighted by Gasteiger charge is -2.73. The molecule has 5 saturated carbocycles. The molecule has 1 amide bonds. The van der Waals surface area contributed by atoms with Gasteiger partial charge in [0.05, 0.1) is 19.2 Å². The number of nitrogens with two attached hydrogens (primary N) is 1. The second-order valence-electron chi connectivity index (χ2n) is 18.2. The van der Waals surface area contributed by atoms with E-state index < -0.39 is 0 Å². The number of rotatable bonds is 6. The third-order valence-corrected chi connectivity index (χ3v) is 15.5. The Balaban J connectivity index is 1.29. The summed E-state index contributed by atoms with van der Waals surface area (Å²) in [5.41, 5.74) is 10.2. The number of hydrogen-bond acceptors (Lipinski definition) is 5. The summed E-state index contributed by atoms with van der Waals surface area (Å²) in [6.07, 6.45) is 11.6. The SMILES string of the molecule is COC(=O)c1ccc(C2CC[C@]3(C)[C@H]4CC[C@@H]5[C@H]6[C@H](C(C)C)CC[C@]6(NC(=O)CN(C)C)CC[C@@]5(N)[C@]4(C)CC[C@H]3C2(C)C)cc1. The van der Waals surface area contributed by atoms with Crippen LogP contribution in [0.1, 0.15) is 128 Å². The molecular formula is C40H63N3O3. The molecule has 6 rings (SSSR count). The number of carbonyl (C=O) groups is 2. The smallest absolute Gasteiger partial charge is 0.337 e. The Morgan fingerprint density at radius 1 is 0.913 bits per heavy atom. The van der Waals surface area contributed by atoms with Crippen molar-refractivity contribution in [3.05, 3.63) is 35.4 Å². The van der Waals surface area contributed by atoms with Crippen LogP contribution in [0.4, 0.5) is 0 Å². The van der Waals surface area contributed by atoms with Crippen molar-refractivity contribution in [1.29, 1.82) is 0 Å². The van der Waals surface area contributed by atoms with Crippen molar-refractivity contribution in [2.24, 2.45) is 57.5 Å². The van der Waals surface area contributed by atoms with E-state index in [0.717, 1.165) is 19.3 Å². The average molecular weight is 634 g/mol. The Kier molecular flexibility index (Phi) is 8.57. The zero-order valence-corrected chi connectivity index (χ0v) is 30.4. The van der Waals surface area contributed by atoms with Crippen LogP contribution in [0.5, 0.6) is 0 Å². The molecule has 0 saturated heterocycles. The minimum Gasteiger partial charge on any atom is -0.465 e. The zero-order valence-electron chi connectivity index (χ0n) is 30.4. The molecular weight excluding hydrogens is 570 g/mol. The van der Waals surface area contributed by atoms with E-state index >= 15 is 0 Å². The van der Waals surface area contributed by atoms with Crippen LogP contribution in [0.25, 0.3) is 0 Å². The molecule has 5 fully saturated rings. The molecule has 1 aromatic carbocycles. The van der Waals surface area contributed by atoms with E-state index in [4.69, 9.17) is 10.5 Å². The van der Waals surface area contributed by atoms with Gasteiger partial charge in [-0.3, -0.25) is 4.79 Å². The second kappa shape index (κ2) is 11.6. The van der Waals surface area contributed by atoms with Crippen LogP contribution in [0, 0.1) is 51.8 Å². The molecule has 10 atom stereocenters. The number of methoxy groups -OCH3 is 1. The summed E-state index contributed by atoms with van der Waals surface area (Å²) in [6, 6.07) is 8.24. The summed E-state index contributed by atoms with van der Waals surface area (Å²) in [7, 11) is 5.42. The monoisotopic (exact) mass is 633 g/mol. The van der Waals surface area contributed by atoms with Gasteiger partial charge in [0.15, 0.2) is 0 Å². The van der Waals surface area contributed by atoms with E-state index in [1.165, 1.54) is 57.6 Å². The van der Waals surface area contributed by atoms with Crippen LogP contribution in [-0.4, -0.2) is 55.6 Å². The van der Waals surface area contributed by atoms with Crippen LogP contribution in [-0.2, 0) is 9.53 Å². The molecule has 3 N–H and O–H groups in total. The molecule has 0 aliphatic heterocycles. The maximum atomic E-state index is 13.3. The van der Waals surface area contributed by atoms with Gasteiger partial charge in [-0.25, -0.2) is 4.79 Å². The largest absolute Gasteiger partial charge is 0.465 e. The number of fused-ring (bicyclic) bond motifs is 7. The summed E-state index contributed by atoms with van der Waals surface area (Å²) >= 11 is 0. The molecule has 1 aromatic rings.